The summed E-state index contributed by atoms with van der Waals surface area (Å²) in [5.74, 6) is 0. The Morgan fingerprint density at radius 3 is 2.83 bits per heavy atom. The molecule has 1 rings (SSSR count). The minimum atomic E-state index is 0.821. The molecule has 66 valence electrons. The lowest BCUT2D eigenvalue weighted by Gasteiger charge is -2.07. The summed E-state index contributed by atoms with van der Waals surface area (Å²) in [6.07, 6.45) is 1.14. The van der Waals surface area contributed by atoms with Crippen LogP contribution in [0, 0.1) is 3.57 Å². The quantitative estimate of drug-likeness (QED) is 0.658. The Bertz CT molecular complexity index is 261. The Hall–Kier alpha value is -0.450. The average Bonchev–Trinajstić information content (AvgIpc) is 2.03. The molecule has 0 heterocycles. The molecule has 0 atom stereocenters. The number of halogens is 1. The zero-order chi connectivity index (χ0) is 8.97. The van der Waals surface area contributed by atoms with Crippen molar-refractivity contribution in [2.24, 2.45) is 0 Å². The molecule has 0 saturated heterocycles. The third-order valence-electron chi connectivity index (χ3n) is 1.56. The van der Waals surface area contributed by atoms with Gasteiger partial charge in [0.05, 0.1) is 0 Å². The van der Waals surface area contributed by atoms with Gasteiger partial charge in [0, 0.05) is 21.5 Å². The molecule has 0 bridgehead atoms. The maximum absolute atomic E-state index is 5.62. The predicted octanol–water partition coefficient (Wildman–Crippen LogP) is 2.70. The highest BCUT2D eigenvalue weighted by Crippen LogP contribution is 2.20. The van der Waals surface area contributed by atoms with E-state index in [9.17, 15) is 0 Å². The lowest BCUT2D eigenvalue weighted by molar-refractivity contribution is 0.978. The van der Waals surface area contributed by atoms with Crippen molar-refractivity contribution in [3.63, 3.8) is 0 Å². The molecule has 0 radical (unpaired) electrons. The van der Waals surface area contributed by atoms with Gasteiger partial charge in [-0.1, -0.05) is 6.92 Å². The number of nitrogens with one attached hydrogen (secondary N) is 1. The van der Waals surface area contributed by atoms with E-state index in [2.05, 4.69) is 34.8 Å². The van der Waals surface area contributed by atoms with Crippen molar-refractivity contribution in [3.05, 3.63) is 21.8 Å². The first-order chi connectivity index (χ1) is 5.74. The highest BCUT2D eigenvalue weighted by Gasteiger charge is 1.97. The zero-order valence-corrected chi connectivity index (χ0v) is 9.26. The fourth-order valence-electron chi connectivity index (χ4n) is 0.934. The fourth-order valence-corrected chi connectivity index (χ4v) is 1.66. The zero-order valence-electron chi connectivity index (χ0n) is 7.10. The molecule has 3 heteroatoms. The number of benzene rings is 1. The van der Waals surface area contributed by atoms with Crippen LogP contribution in [0.25, 0.3) is 0 Å². The number of hydrogen-bond acceptors (Lipinski definition) is 2. The monoisotopic (exact) mass is 276 g/mol. The van der Waals surface area contributed by atoms with Crippen LogP contribution in [-0.2, 0) is 0 Å². The Balaban J connectivity index is 2.72. The second-order valence-electron chi connectivity index (χ2n) is 2.67. The maximum atomic E-state index is 5.62. The third kappa shape index (κ3) is 2.55. The molecule has 0 aliphatic carbocycles. The first-order valence-corrected chi connectivity index (χ1v) is 5.11. The smallest absolute Gasteiger partial charge is 0.0477 e. The summed E-state index contributed by atoms with van der Waals surface area (Å²) in [6.45, 7) is 3.16. The predicted molar refractivity (Wildman–Crippen MR) is 62.4 cm³/mol. The summed E-state index contributed by atoms with van der Waals surface area (Å²) in [4.78, 5) is 0. The van der Waals surface area contributed by atoms with Crippen molar-refractivity contribution in [3.8, 4) is 0 Å². The molecule has 2 nitrogen and oxygen atoms in total. The molecule has 0 aromatic heterocycles. The van der Waals surface area contributed by atoms with Crippen LogP contribution in [0.1, 0.15) is 13.3 Å². The Morgan fingerprint density at radius 1 is 1.50 bits per heavy atom. The van der Waals surface area contributed by atoms with Gasteiger partial charge in [-0.2, -0.15) is 0 Å². The topological polar surface area (TPSA) is 38.0 Å². The largest absolute Gasteiger partial charge is 0.399 e. The van der Waals surface area contributed by atoms with E-state index >= 15 is 0 Å². The van der Waals surface area contributed by atoms with Gasteiger partial charge in [-0.15, -0.1) is 0 Å². The molecule has 0 spiro atoms. The molecular weight excluding hydrogens is 263 g/mol. The van der Waals surface area contributed by atoms with Crippen molar-refractivity contribution in [2.45, 2.75) is 13.3 Å². The van der Waals surface area contributed by atoms with Crippen LogP contribution in [0.15, 0.2) is 18.2 Å². The van der Waals surface area contributed by atoms with Gasteiger partial charge in [0.15, 0.2) is 0 Å². The van der Waals surface area contributed by atoms with E-state index in [1.165, 1.54) is 9.26 Å². The minimum absolute atomic E-state index is 0.821. The SMILES string of the molecule is CCCNc1ccc(N)cc1I. The van der Waals surface area contributed by atoms with E-state index in [0.717, 1.165) is 18.7 Å². The highest BCUT2D eigenvalue weighted by molar-refractivity contribution is 14.1. The van der Waals surface area contributed by atoms with Crippen molar-refractivity contribution in [2.75, 3.05) is 17.6 Å². The molecular formula is C9H13IN2. The van der Waals surface area contributed by atoms with Crippen LogP contribution in [0.3, 0.4) is 0 Å². The van der Waals surface area contributed by atoms with Gasteiger partial charge < -0.3 is 11.1 Å². The highest BCUT2D eigenvalue weighted by atomic mass is 127. The molecule has 0 aliphatic rings. The van der Waals surface area contributed by atoms with Crippen LogP contribution in [0.5, 0.6) is 0 Å². The van der Waals surface area contributed by atoms with Gasteiger partial charge in [0.2, 0.25) is 0 Å². The molecule has 0 unspecified atom stereocenters. The van der Waals surface area contributed by atoms with Crippen molar-refractivity contribution < 1.29 is 0 Å². The minimum Gasteiger partial charge on any atom is -0.399 e. The molecule has 3 N–H and O–H groups in total. The van der Waals surface area contributed by atoms with Gasteiger partial charge in [-0.05, 0) is 47.2 Å². The van der Waals surface area contributed by atoms with Crippen LogP contribution in [0.2, 0.25) is 0 Å². The first kappa shape index (κ1) is 9.64. The molecule has 1 aromatic carbocycles. The lowest BCUT2D eigenvalue weighted by atomic mass is 10.3. The number of nitrogens with two attached hydrogens (primary N) is 1. The van der Waals surface area contributed by atoms with Crippen molar-refractivity contribution in [1.29, 1.82) is 0 Å². The number of hydrogen-bond donors (Lipinski definition) is 2. The van der Waals surface area contributed by atoms with Gasteiger partial charge in [-0.3, -0.25) is 0 Å². The third-order valence-corrected chi connectivity index (χ3v) is 2.45. The second-order valence-corrected chi connectivity index (χ2v) is 3.83. The lowest BCUT2D eigenvalue weighted by Crippen LogP contribution is -2.01. The normalized spacial score (nSPS) is 9.83. The molecule has 0 amide bonds. The molecule has 12 heavy (non-hydrogen) atoms. The van der Waals surface area contributed by atoms with Crippen LogP contribution >= 0.6 is 22.6 Å². The summed E-state index contributed by atoms with van der Waals surface area (Å²) in [6, 6.07) is 5.91. The Labute approximate surface area is 86.7 Å². The molecule has 0 saturated carbocycles. The van der Waals surface area contributed by atoms with Crippen molar-refractivity contribution in [1.82, 2.24) is 0 Å². The summed E-state index contributed by atoms with van der Waals surface area (Å²) < 4.78 is 1.18. The second kappa shape index (κ2) is 4.54. The van der Waals surface area contributed by atoms with E-state index in [4.69, 9.17) is 5.73 Å². The summed E-state index contributed by atoms with van der Waals surface area (Å²) in [7, 11) is 0. The van der Waals surface area contributed by atoms with E-state index < -0.39 is 0 Å². The summed E-state index contributed by atoms with van der Waals surface area (Å²) in [5.41, 5.74) is 7.62. The van der Waals surface area contributed by atoms with E-state index in [1.807, 2.05) is 18.2 Å². The van der Waals surface area contributed by atoms with Crippen LogP contribution in [-0.4, -0.2) is 6.54 Å². The molecule has 0 aliphatic heterocycles. The average molecular weight is 276 g/mol. The van der Waals surface area contributed by atoms with Crippen molar-refractivity contribution >= 4 is 34.0 Å². The van der Waals surface area contributed by atoms with Gasteiger partial charge in [0.25, 0.3) is 0 Å². The summed E-state index contributed by atoms with van der Waals surface area (Å²) >= 11 is 2.28. The Morgan fingerprint density at radius 2 is 2.25 bits per heavy atom. The van der Waals surface area contributed by atoms with Gasteiger partial charge >= 0.3 is 0 Å². The number of anilines is 2. The van der Waals surface area contributed by atoms with Gasteiger partial charge in [-0.25, -0.2) is 0 Å². The fraction of sp³-hybridized carbons (Fsp3) is 0.333. The number of nitrogen functional groups attached to an aromatic ring is 1. The van der Waals surface area contributed by atoms with E-state index in [0.29, 0.717) is 0 Å². The van der Waals surface area contributed by atoms with Crippen LogP contribution < -0.4 is 11.1 Å². The standard InChI is InChI=1S/C9H13IN2/c1-2-5-12-9-4-3-7(11)6-8(9)10/h3-4,6,12H,2,5,11H2,1H3. The van der Waals surface area contributed by atoms with Gasteiger partial charge in [0.1, 0.15) is 0 Å². The van der Waals surface area contributed by atoms with E-state index in [1.54, 1.807) is 0 Å². The first-order valence-electron chi connectivity index (χ1n) is 4.03. The Kier molecular flexibility index (Phi) is 3.65. The maximum Gasteiger partial charge on any atom is 0.0477 e. The summed E-state index contributed by atoms with van der Waals surface area (Å²) in [5, 5.41) is 3.33. The van der Waals surface area contributed by atoms with Crippen LogP contribution in [0.4, 0.5) is 11.4 Å². The number of rotatable bonds is 3. The van der Waals surface area contributed by atoms with E-state index in [-0.39, 0.29) is 0 Å². The molecule has 0 fully saturated rings. The molecule has 1 aromatic rings.